The zero-order chi connectivity index (χ0) is 52.7. The summed E-state index contributed by atoms with van der Waals surface area (Å²) in [5.74, 6) is -0.0738. The molecule has 0 radical (unpaired) electrons. The molecule has 0 aliphatic heterocycles. The SMILES string of the molecule is CC/C=C\C/C=C\C/C=C\C/C=C\CCCCCCCCCCCCCCCCCCCCCCCCCCC(=O)NC(CO)C(O)/C=C/CC/C=C/CC/C=C/CCCCCCCCCCCCCCCC. The van der Waals surface area contributed by atoms with Crippen molar-refractivity contribution in [3.63, 3.8) is 0 Å². The molecular formula is C69H125NO3. The molecule has 0 aliphatic rings. The van der Waals surface area contributed by atoms with E-state index in [4.69, 9.17) is 0 Å². The van der Waals surface area contributed by atoms with Crippen molar-refractivity contribution in [2.24, 2.45) is 0 Å². The summed E-state index contributed by atoms with van der Waals surface area (Å²) in [5.41, 5.74) is 0. The monoisotopic (exact) mass is 1020 g/mol. The summed E-state index contributed by atoms with van der Waals surface area (Å²) in [6.45, 7) is 4.21. The molecule has 73 heavy (non-hydrogen) atoms. The second kappa shape index (κ2) is 63.9. The molecule has 0 rings (SSSR count). The Kier molecular flexibility index (Phi) is 61.7. The Morgan fingerprint density at radius 2 is 0.616 bits per heavy atom. The molecule has 0 bridgehead atoms. The lowest BCUT2D eigenvalue weighted by atomic mass is 10.0. The van der Waals surface area contributed by atoms with Crippen molar-refractivity contribution < 1.29 is 15.0 Å². The van der Waals surface area contributed by atoms with E-state index < -0.39 is 12.1 Å². The highest BCUT2D eigenvalue weighted by molar-refractivity contribution is 5.76. The molecular weight excluding hydrogens is 891 g/mol. The van der Waals surface area contributed by atoms with Gasteiger partial charge in [-0.25, -0.2) is 0 Å². The van der Waals surface area contributed by atoms with E-state index in [0.717, 1.165) is 64.2 Å². The molecule has 0 aliphatic carbocycles. The largest absolute Gasteiger partial charge is 0.394 e. The molecule has 0 aromatic heterocycles. The van der Waals surface area contributed by atoms with Gasteiger partial charge in [-0.1, -0.05) is 324 Å². The van der Waals surface area contributed by atoms with E-state index in [1.54, 1.807) is 6.08 Å². The van der Waals surface area contributed by atoms with E-state index in [1.807, 2.05) is 6.08 Å². The van der Waals surface area contributed by atoms with Crippen molar-refractivity contribution in [2.75, 3.05) is 6.61 Å². The van der Waals surface area contributed by atoms with E-state index >= 15 is 0 Å². The predicted molar refractivity (Wildman–Crippen MR) is 327 cm³/mol. The lowest BCUT2D eigenvalue weighted by Crippen LogP contribution is -2.45. The Hall–Kier alpha value is -2.43. The average molecular weight is 1020 g/mol. The minimum absolute atomic E-state index is 0.0738. The summed E-state index contributed by atoms with van der Waals surface area (Å²) >= 11 is 0. The first-order valence-corrected chi connectivity index (χ1v) is 32.3. The van der Waals surface area contributed by atoms with Crippen molar-refractivity contribution >= 4 is 5.91 Å². The molecule has 2 unspecified atom stereocenters. The van der Waals surface area contributed by atoms with Gasteiger partial charge in [-0.3, -0.25) is 4.79 Å². The third-order valence-electron chi connectivity index (χ3n) is 14.6. The summed E-state index contributed by atoms with van der Waals surface area (Å²) in [5, 5.41) is 23.2. The van der Waals surface area contributed by atoms with Gasteiger partial charge in [-0.05, 0) is 83.5 Å². The molecule has 0 saturated carbocycles. The molecule has 4 nitrogen and oxygen atoms in total. The smallest absolute Gasteiger partial charge is 0.220 e. The summed E-state index contributed by atoms with van der Waals surface area (Å²) in [6.07, 6.45) is 93.6. The second-order valence-electron chi connectivity index (χ2n) is 21.8. The number of carbonyl (C=O) groups is 1. The van der Waals surface area contributed by atoms with Gasteiger partial charge in [0.15, 0.2) is 0 Å². The standard InChI is InChI=1S/C69H125NO3/c1-3-5-7-9-11-13-15-17-19-21-23-25-27-29-30-31-32-33-34-35-36-37-38-39-40-41-43-45-47-49-51-53-55-57-59-61-63-65-69(73)70-67(66-71)68(72)64-62-60-58-56-54-52-50-48-46-44-42-28-26-24-22-20-18-16-14-12-10-8-6-4-2/h5,7,11,13,17,19,23,25,46,48,54,56,62,64,67-68,71-72H,3-4,6,8-10,12,14-16,18,20-22,24,26-45,47,49-53,55,57-61,63,65-66H2,1-2H3,(H,70,73)/b7-5-,13-11-,19-17-,25-23-,48-46+,56-54+,64-62+. The molecule has 0 aromatic carbocycles. The highest BCUT2D eigenvalue weighted by Gasteiger charge is 2.18. The molecule has 3 N–H and O–H groups in total. The number of unbranched alkanes of at least 4 members (excludes halogenated alkanes) is 40. The number of carbonyl (C=O) groups excluding carboxylic acids is 1. The quantitative estimate of drug-likeness (QED) is 0.0420. The van der Waals surface area contributed by atoms with E-state index in [2.05, 4.69) is 92.1 Å². The number of nitrogens with one attached hydrogen (secondary N) is 1. The minimum atomic E-state index is -0.873. The number of allylic oxidation sites excluding steroid dienone is 13. The molecule has 0 fully saturated rings. The third kappa shape index (κ3) is 60.3. The van der Waals surface area contributed by atoms with E-state index in [1.165, 1.54) is 244 Å². The lowest BCUT2D eigenvalue weighted by molar-refractivity contribution is -0.123. The van der Waals surface area contributed by atoms with Gasteiger partial charge in [0.05, 0.1) is 18.8 Å². The number of amides is 1. The average Bonchev–Trinajstić information content (AvgIpc) is 3.40. The summed E-state index contributed by atoms with van der Waals surface area (Å²) in [7, 11) is 0. The molecule has 1 amide bonds. The van der Waals surface area contributed by atoms with Crippen LogP contribution in [0, 0.1) is 0 Å². The zero-order valence-corrected chi connectivity index (χ0v) is 48.9. The topological polar surface area (TPSA) is 69.6 Å². The van der Waals surface area contributed by atoms with Gasteiger partial charge in [0.2, 0.25) is 5.91 Å². The van der Waals surface area contributed by atoms with E-state index in [9.17, 15) is 15.0 Å². The van der Waals surface area contributed by atoms with Gasteiger partial charge in [0.25, 0.3) is 0 Å². The van der Waals surface area contributed by atoms with Crippen LogP contribution in [-0.2, 0) is 4.79 Å². The fraction of sp³-hybridized carbons (Fsp3) is 0.783. The first-order valence-electron chi connectivity index (χ1n) is 32.3. The summed E-state index contributed by atoms with van der Waals surface area (Å²) < 4.78 is 0. The number of aliphatic hydroxyl groups is 2. The highest BCUT2D eigenvalue weighted by Crippen LogP contribution is 2.18. The van der Waals surface area contributed by atoms with Crippen LogP contribution >= 0.6 is 0 Å². The Morgan fingerprint density at radius 3 is 0.959 bits per heavy atom. The second-order valence-corrected chi connectivity index (χ2v) is 21.8. The normalized spacial score (nSPS) is 13.3. The van der Waals surface area contributed by atoms with Crippen LogP contribution < -0.4 is 5.32 Å². The first kappa shape index (κ1) is 70.6. The molecule has 4 heteroatoms. The van der Waals surface area contributed by atoms with Gasteiger partial charge in [0.1, 0.15) is 0 Å². The molecule has 0 saturated heterocycles. The molecule has 2 atom stereocenters. The maximum atomic E-state index is 12.5. The number of hydrogen-bond acceptors (Lipinski definition) is 3. The Labute approximate surface area is 456 Å². The summed E-state index contributed by atoms with van der Waals surface area (Å²) in [4.78, 5) is 12.5. The highest BCUT2D eigenvalue weighted by atomic mass is 16.3. The van der Waals surface area contributed by atoms with Crippen molar-refractivity contribution in [2.45, 2.75) is 341 Å². The summed E-state index contributed by atoms with van der Waals surface area (Å²) in [6, 6.07) is -0.648. The van der Waals surface area contributed by atoms with Crippen LogP contribution in [0.3, 0.4) is 0 Å². The van der Waals surface area contributed by atoms with Crippen molar-refractivity contribution in [1.82, 2.24) is 5.32 Å². The van der Waals surface area contributed by atoms with Crippen LogP contribution in [0.15, 0.2) is 85.1 Å². The van der Waals surface area contributed by atoms with Gasteiger partial charge >= 0.3 is 0 Å². The number of hydrogen-bond donors (Lipinski definition) is 3. The zero-order valence-electron chi connectivity index (χ0n) is 48.9. The maximum absolute atomic E-state index is 12.5. The minimum Gasteiger partial charge on any atom is -0.394 e. The van der Waals surface area contributed by atoms with Crippen molar-refractivity contribution in [3.8, 4) is 0 Å². The van der Waals surface area contributed by atoms with Crippen LogP contribution in [0.1, 0.15) is 328 Å². The van der Waals surface area contributed by atoms with Crippen LogP contribution in [0.25, 0.3) is 0 Å². The molecule has 424 valence electrons. The number of aliphatic hydroxyl groups excluding tert-OH is 2. The molecule has 0 spiro atoms. The van der Waals surface area contributed by atoms with Gasteiger partial charge in [0, 0.05) is 6.42 Å². The fourth-order valence-corrected chi connectivity index (χ4v) is 9.74. The lowest BCUT2D eigenvalue weighted by Gasteiger charge is -2.19. The van der Waals surface area contributed by atoms with Gasteiger partial charge < -0.3 is 15.5 Å². The fourth-order valence-electron chi connectivity index (χ4n) is 9.74. The van der Waals surface area contributed by atoms with E-state index in [-0.39, 0.29) is 12.5 Å². The third-order valence-corrected chi connectivity index (χ3v) is 14.6. The van der Waals surface area contributed by atoms with Crippen LogP contribution in [0.2, 0.25) is 0 Å². The Balaban J connectivity index is 3.48. The Morgan fingerprint density at radius 1 is 0.342 bits per heavy atom. The van der Waals surface area contributed by atoms with E-state index in [0.29, 0.717) is 6.42 Å². The maximum Gasteiger partial charge on any atom is 0.220 e. The first-order chi connectivity index (χ1) is 36.2. The number of rotatable bonds is 59. The predicted octanol–water partition coefficient (Wildman–Crippen LogP) is 21.9. The van der Waals surface area contributed by atoms with Crippen molar-refractivity contribution in [1.29, 1.82) is 0 Å². The van der Waals surface area contributed by atoms with Crippen molar-refractivity contribution in [3.05, 3.63) is 85.1 Å². The van der Waals surface area contributed by atoms with Crippen LogP contribution in [0.5, 0.6) is 0 Å². The molecule has 0 heterocycles. The van der Waals surface area contributed by atoms with Gasteiger partial charge in [-0.2, -0.15) is 0 Å². The molecule has 0 aromatic rings. The van der Waals surface area contributed by atoms with Gasteiger partial charge in [-0.15, -0.1) is 0 Å². The Bertz CT molecular complexity index is 1290. The van der Waals surface area contributed by atoms with Crippen LogP contribution in [-0.4, -0.2) is 34.9 Å². The van der Waals surface area contributed by atoms with Crippen LogP contribution in [0.4, 0.5) is 0 Å².